The van der Waals surface area contributed by atoms with Gasteiger partial charge in [-0.25, -0.2) is 0 Å². The number of rotatable bonds is 3. The molecule has 1 aliphatic heterocycles. The van der Waals surface area contributed by atoms with Crippen molar-refractivity contribution in [3.8, 4) is 0 Å². The van der Waals surface area contributed by atoms with Gasteiger partial charge in [-0.3, -0.25) is 0 Å². The van der Waals surface area contributed by atoms with Crippen molar-refractivity contribution in [1.82, 2.24) is 0 Å². The zero-order valence-corrected chi connectivity index (χ0v) is 11.1. The van der Waals surface area contributed by atoms with Crippen molar-refractivity contribution < 1.29 is 9.47 Å². The van der Waals surface area contributed by atoms with Gasteiger partial charge in [-0.1, -0.05) is 28.1 Å². The molecule has 1 aliphatic rings. The van der Waals surface area contributed by atoms with E-state index in [0.29, 0.717) is 0 Å². The fourth-order valence-corrected chi connectivity index (χ4v) is 2.12. The Balaban J connectivity index is 1.91. The van der Waals surface area contributed by atoms with Gasteiger partial charge in [0, 0.05) is 11.1 Å². The third-order valence-corrected chi connectivity index (χ3v) is 3.36. The smallest absolute Gasteiger partial charge is 0.158 e. The van der Waals surface area contributed by atoms with E-state index in [9.17, 15) is 0 Å². The predicted molar refractivity (Wildman–Crippen MR) is 67.2 cm³/mol. The van der Waals surface area contributed by atoms with Gasteiger partial charge in [-0.05, 0) is 43.9 Å². The first kappa shape index (κ1) is 12.1. The van der Waals surface area contributed by atoms with E-state index in [1.54, 1.807) is 0 Å². The van der Waals surface area contributed by atoms with E-state index in [-0.39, 0.29) is 12.4 Å². The topological polar surface area (TPSA) is 18.5 Å². The van der Waals surface area contributed by atoms with Gasteiger partial charge in [-0.15, -0.1) is 0 Å². The molecule has 0 amide bonds. The van der Waals surface area contributed by atoms with E-state index in [0.717, 1.165) is 23.9 Å². The molecule has 0 saturated carbocycles. The monoisotopic (exact) mass is 284 g/mol. The Morgan fingerprint density at radius 3 is 2.69 bits per heavy atom. The van der Waals surface area contributed by atoms with Gasteiger partial charge in [-0.2, -0.15) is 0 Å². The van der Waals surface area contributed by atoms with Crippen LogP contribution in [0.4, 0.5) is 0 Å². The first-order valence-electron chi connectivity index (χ1n) is 5.78. The quantitative estimate of drug-likeness (QED) is 0.834. The lowest BCUT2D eigenvalue weighted by atomic mass is 10.1. The first-order valence-corrected chi connectivity index (χ1v) is 6.57. The summed E-state index contributed by atoms with van der Waals surface area (Å²) in [6.45, 7) is 2.90. The number of halogens is 1. The summed E-state index contributed by atoms with van der Waals surface area (Å²) < 4.78 is 12.5. The van der Waals surface area contributed by atoms with Crippen LogP contribution in [0.5, 0.6) is 0 Å². The number of hydrogen-bond donors (Lipinski definition) is 0. The Labute approximate surface area is 105 Å². The summed E-state index contributed by atoms with van der Waals surface area (Å²) in [4.78, 5) is 0. The van der Waals surface area contributed by atoms with Crippen LogP contribution in [-0.4, -0.2) is 12.9 Å². The SMILES string of the molecule is CC(OC1CCCCO1)c1ccc(Br)cc1. The van der Waals surface area contributed by atoms with Crippen molar-refractivity contribution in [2.45, 2.75) is 38.6 Å². The second-order valence-electron chi connectivity index (χ2n) is 4.13. The summed E-state index contributed by atoms with van der Waals surface area (Å²) in [6, 6.07) is 8.24. The van der Waals surface area contributed by atoms with Crippen LogP contribution in [0.25, 0.3) is 0 Å². The molecule has 1 aromatic rings. The fourth-order valence-electron chi connectivity index (χ4n) is 1.86. The highest BCUT2D eigenvalue weighted by atomic mass is 79.9. The molecule has 2 nitrogen and oxygen atoms in total. The van der Waals surface area contributed by atoms with Crippen molar-refractivity contribution in [2.75, 3.05) is 6.61 Å². The van der Waals surface area contributed by atoms with Gasteiger partial charge < -0.3 is 9.47 Å². The summed E-state index contributed by atoms with van der Waals surface area (Å²) in [6.07, 6.45) is 3.45. The molecule has 2 rings (SSSR count). The molecule has 1 aromatic carbocycles. The molecule has 16 heavy (non-hydrogen) atoms. The molecular weight excluding hydrogens is 268 g/mol. The van der Waals surface area contributed by atoms with E-state index in [2.05, 4.69) is 35.0 Å². The van der Waals surface area contributed by atoms with Crippen molar-refractivity contribution in [2.24, 2.45) is 0 Å². The minimum atomic E-state index is -0.0209. The fraction of sp³-hybridized carbons (Fsp3) is 0.538. The molecule has 0 aromatic heterocycles. The Morgan fingerprint density at radius 1 is 1.31 bits per heavy atom. The van der Waals surface area contributed by atoms with E-state index in [1.807, 2.05) is 12.1 Å². The summed E-state index contributed by atoms with van der Waals surface area (Å²) in [7, 11) is 0. The third-order valence-electron chi connectivity index (χ3n) is 2.83. The lowest BCUT2D eigenvalue weighted by Gasteiger charge is -2.26. The number of hydrogen-bond acceptors (Lipinski definition) is 2. The molecule has 1 saturated heterocycles. The normalized spacial score (nSPS) is 23.0. The van der Waals surface area contributed by atoms with Crippen molar-refractivity contribution in [3.63, 3.8) is 0 Å². The molecule has 3 heteroatoms. The second kappa shape index (κ2) is 5.80. The first-order chi connectivity index (χ1) is 7.75. The van der Waals surface area contributed by atoms with Gasteiger partial charge in [0.15, 0.2) is 6.29 Å². The highest BCUT2D eigenvalue weighted by Gasteiger charge is 2.17. The molecule has 0 aliphatic carbocycles. The van der Waals surface area contributed by atoms with Crippen molar-refractivity contribution in [3.05, 3.63) is 34.3 Å². The van der Waals surface area contributed by atoms with E-state index in [1.165, 1.54) is 12.0 Å². The Hall–Kier alpha value is -0.380. The van der Waals surface area contributed by atoms with Crippen LogP contribution >= 0.6 is 15.9 Å². The van der Waals surface area contributed by atoms with Crippen LogP contribution in [0.1, 0.15) is 37.9 Å². The average molecular weight is 285 g/mol. The van der Waals surface area contributed by atoms with Crippen LogP contribution in [0.3, 0.4) is 0 Å². The van der Waals surface area contributed by atoms with Crippen LogP contribution < -0.4 is 0 Å². The Morgan fingerprint density at radius 2 is 2.06 bits per heavy atom. The maximum Gasteiger partial charge on any atom is 0.158 e. The third kappa shape index (κ3) is 3.30. The summed E-state index contributed by atoms with van der Waals surface area (Å²) in [5.41, 5.74) is 1.19. The summed E-state index contributed by atoms with van der Waals surface area (Å²) in [5, 5.41) is 0. The van der Waals surface area contributed by atoms with E-state index in [4.69, 9.17) is 9.47 Å². The largest absolute Gasteiger partial charge is 0.353 e. The van der Waals surface area contributed by atoms with Crippen molar-refractivity contribution >= 4 is 15.9 Å². The predicted octanol–water partition coefficient (Wildman–Crippen LogP) is 4.05. The zero-order chi connectivity index (χ0) is 11.4. The number of ether oxygens (including phenoxy) is 2. The second-order valence-corrected chi connectivity index (χ2v) is 5.04. The van der Waals surface area contributed by atoms with Crippen LogP contribution in [0, 0.1) is 0 Å². The maximum atomic E-state index is 5.88. The summed E-state index contributed by atoms with van der Waals surface area (Å²) >= 11 is 3.43. The van der Waals surface area contributed by atoms with Gasteiger partial charge >= 0.3 is 0 Å². The zero-order valence-electron chi connectivity index (χ0n) is 9.49. The minimum absolute atomic E-state index is 0.0209. The average Bonchev–Trinajstić information content (AvgIpc) is 2.31. The molecule has 2 unspecified atom stereocenters. The molecule has 1 fully saturated rings. The molecular formula is C13H17BrO2. The van der Waals surface area contributed by atoms with Crippen LogP contribution in [0.2, 0.25) is 0 Å². The van der Waals surface area contributed by atoms with Crippen LogP contribution in [0.15, 0.2) is 28.7 Å². The van der Waals surface area contributed by atoms with E-state index < -0.39 is 0 Å². The standard InChI is InChI=1S/C13H17BrO2/c1-10(11-5-7-12(14)8-6-11)16-13-4-2-3-9-15-13/h5-8,10,13H,2-4,9H2,1H3. The Bertz CT molecular complexity index is 317. The molecule has 0 spiro atoms. The van der Waals surface area contributed by atoms with Gasteiger partial charge in [0.05, 0.1) is 6.10 Å². The van der Waals surface area contributed by atoms with Gasteiger partial charge in [0.1, 0.15) is 0 Å². The van der Waals surface area contributed by atoms with Gasteiger partial charge in [0.25, 0.3) is 0 Å². The molecule has 0 N–H and O–H groups in total. The minimum Gasteiger partial charge on any atom is -0.353 e. The molecule has 0 bridgehead atoms. The molecule has 88 valence electrons. The van der Waals surface area contributed by atoms with E-state index >= 15 is 0 Å². The maximum absolute atomic E-state index is 5.88. The lowest BCUT2D eigenvalue weighted by Crippen LogP contribution is -2.23. The van der Waals surface area contributed by atoms with Crippen LogP contribution in [-0.2, 0) is 9.47 Å². The Kier molecular flexibility index (Phi) is 4.38. The highest BCUT2D eigenvalue weighted by Crippen LogP contribution is 2.24. The number of benzene rings is 1. The van der Waals surface area contributed by atoms with Gasteiger partial charge in [0.2, 0.25) is 0 Å². The molecule has 1 heterocycles. The molecule has 0 radical (unpaired) electrons. The summed E-state index contributed by atoms with van der Waals surface area (Å²) in [5.74, 6) is 0. The van der Waals surface area contributed by atoms with Crippen molar-refractivity contribution in [1.29, 1.82) is 0 Å². The highest BCUT2D eigenvalue weighted by molar-refractivity contribution is 9.10. The lowest BCUT2D eigenvalue weighted by molar-refractivity contribution is -0.186. The molecule has 2 atom stereocenters.